The summed E-state index contributed by atoms with van der Waals surface area (Å²) in [6.45, 7) is 0.239. The van der Waals surface area contributed by atoms with Crippen LogP contribution in [0.25, 0.3) is 0 Å². The lowest BCUT2D eigenvalue weighted by molar-refractivity contribution is 0.286. The van der Waals surface area contributed by atoms with Gasteiger partial charge in [-0.15, -0.1) is 4.48 Å². The summed E-state index contributed by atoms with van der Waals surface area (Å²) in [4.78, 5) is 0.799. The molecule has 5 nitrogen and oxygen atoms in total. The summed E-state index contributed by atoms with van der Waals surface area (Å²) in [5, 5.41) is 0. The molecule has 1 aliphatic heterocycles. The second-order valence-corrected chi connectivity index (χ2v) is 6.26. The van der Waals surface area contributed by atoms with Gasteiger partial charge in [-0.2, -0.15) is 12.7 Å². The average molecular weight is 306 g/mol. The highest BCUT2D eigenvalue weighted by molar-refractivity contribution is 7.87. The molecule has 1 aromatic carbocycles. The Bertz CT molecular complexity index is 580. The number of nitrogens with one attached hydrogen (secondary N) is 1. The van der Waals surface area contributed by atoms with E-state index in [1.807, 2.05) is 0 Å². The summed E-state index contributed by atoms with van der Waals surface area (Å²) in [6.07, 6.45) is 1.15. The quantitative estimate of drug-likeness (QED) is 0.862. The number of piperidine rings is 1. The first-order chi connectivity index (χ1) is 9.49. The van der Waals surface area contributed by atoms with E-state index in [9.17, 15) is 17.3 Å². The molecule has 0 spiro atoms. The number of nitrogens with zero attached hydrogens (tertiary/aromatic N) is 1. The van der Waals surface area contributed by atoms with Crippen LogP contribution < -0.4 is 9.68 Å². The fourth-order valence-corrected chi connectivity index (χ4v) is 3.38. The van der Waals surface area contributed by atoms with Crippen LogP contribution in [0.2, 0.25) is 0 Å². The third-order valence-electron chi connectivity index (χ3n) is 3.46. The minimum absolute atomic E-state index is 0.0244. The highest BCUT2D eigenvalue weighted by Gasteiger charge is 2.32. The van der Waals surface area contributed by atoms with E-state index >= 15 is 0 Å². The van der Waals surface area contributed by atoms with Crippen LogP contribution in [0.15, 0.2) is 18.2 Å². The molecule has 1 saturated heterocycles. The molecule has 0 aromatic heterocycles. The molecule has 1 unspecified atom stereocenters. The molecule has 0 aliphatic carbocycles. The van der Waals surface area contributed by atoms with E-state index < -0.39 is 16.0 Å². The maximum atomic E-state index is 14.0. The lowest BCUT2D eigenvalue weighted by Gasteiger charge is -2.31. The molecule has 8 heteroatoms. The monoisotopic (exact) mass is 306 g/mol. The normalized spacial score (nSPS) is 20.9. The van der Waals surface area contributed by atoms with Crippen molar-refractivity contribution < 1.29 is 22.0 Å². The van der Waals surface area contributed by atoms with Crippen LogP contribution in [-0.4, -0.2) is 32.9 Å². The van der Waals surface area contributed by atoms with E-state index in [4.69, 9.17) is 4.74 Å². The van der Waals surface area contributed by atoms with Crippen LogP contribution in [0.5, 0.6) is 5.75 Å². The summed E-state index contributed by atoms with van der Waals surface area (Å²) < 4.78 is 55.4. The predicted octanol–water partition coefficient (Wildman–Crippen LogP) is 1.73. The predicted molar refractivity (Wildman–Crippen MR) is 69.7 cm³/mol. The zero-order chi connectivity index (χ0) is 14.8. The lowest BCUT2D eigenvalue weighted by Crippen LogP contribution is -2.43. The Kier molecular flexibility index (Phi) is 4.56. The zero-order valence-electron chi connectivity index (χ0n) is 11.0. The summed E-state index contributed by atoms with van der Waals surface area (Å²) in [7, 11) is -2.71. The van der Waals surface area contributed by atoms with Crippen molar-refractivity contribution in [3.63, 3.8) is 0 Å². The zero-order valence-corrected chi connectivity index (χ0v) is 11.8. The number of hydrogen-bond donors (Lipinski definition) is 1. The van der Waals surface area contributed by atoms with Crippen LogP contribution in [-0.2, 0) is 10.2 Å². The number of rotatable bonds is 4. The maximum Gasteiger partial charge on any atom is 0.305 e. The van der Waals surface area contributed by atoms with Crippen molar-refractivity contribution in [3.05, 3.63) is 29.6 Å². The van der Waals surface area contributed by atoms with E-state index in [1.54, 1.807) is 6.07 Å². The van der Waals surface area contributed by atoms with E-state index in [0.717, 1.165) is 9.25 Å². The Hall–Kier alpha value is -1.25. The molecule has 2 rings (SSSR count). The van der Waals surface area contributed by atoms with Gasteiger partial charge in [-0.3, -0.25) is 0 Å². The van der Waals surface area contributed by atoms with Crippen LogP contribution in [0.3, 0.4) is 0 Å². The van der Waals surface area contributed by atoms with Crippen LogP contribution in [0.1, 0.15) is 24.3 Å². The van der Waals surface area contributed by atoms with Gasteiger partial charge in [0.2, 0.25) is 0 Å². The minimum atomic E-state index is -4.14. The molecule has 0 radical (unpaired) electrons. The van der Waals surface area contributed by atoms with E-state index in [0.29, 0.717) is 24.2 Å². The number of halogens is 2. The van der Waals surface area contributed by atoms with Crippen LogP contribution in [0, 0.1) is 5.82 Å². The summed E-state index contributed by atoms with van der Waals surface area (Å²) in [6, 6.07) is 4.45. The van der Waals surface area contributed by atoms with Gasteiger partial charge in [0.15, 0.2) is 0 Å². The van der Waals surface area contributed by atoms with Gasteiger partial charge in [0.1, 0.15) is 11.6 Å². The third-order valence-corrected chi connectivity index (χ3v) is 4.67. The second-order valence-electron chi connectivity index (χ2n) is 4.64. The number of benzene rings is 1. The van der Waals surface area contributed by atoms with E-state index in [1.165, 1.54) is 19.2 Å². The number of ether oxygens (including phenoxy) is 1. The smallest absolute Gasteiger partial charge is 0.305 e. The standard InChI is InChI=1S/C12H16F2N2O3S/c1-19-11-6-2-5-10(13)12(11)9-4-3-7-16(8-9)20(17,18)15-14/h2,5-6,9,15H,3-4,7-8H2,1H3. The molecular weight excluding hydrogens is 290 g/mol. The summed E-state index contributed by atoms with van der Waals surface area (Å²) >= 11 is 0. The van der Waals surface area contributed by atoms with Crippen molar-refractivity contribution in [1.82, 2.24) is 9.25 Å². The molecule has 0 saturated carbocycles. The molecule has 1 aliphatic rings. The van der Waals surface area contributed by atoms with Gasteiger partial charge in [-0.25, -0.2) is 4.39 Å². The van der Waals surface area contributed by atoms with Gasteiger partial charge >= 0.3 is 10.2 Å². The first kappa shape index (κ1) is 15.1. The van der Waals surface area contributed by atoms with Gasteiger partial charge < -0.3 is 4.74 Å². The highest BCUT2D eigenvalue weighted by Crippen LogP contribution is 2.35. The second kappa shape index (κ2) is 6.02. The number of hydrogen-bond acceptors (Lipinski definition) is 3. The molecule has 1 atom stereocenters. The topological polar surface area (TPSA) is 58.6 Å². The van der Waals surface area contributed by atoms with Crippen molar-refractivity contribution in [3.8, 4) is 5.75 Å². The van der Waals surface area contributed by atoms with Gasteiger partial charge in [0.05, 0.1) is 7.11 Å². The molecule has 1 fully saturated rings. The van der Waals surface area contributed by atoms with Crippen LogP contribution in [0.4, 0.5) is 8.87 Å². The molecule has 1 heterocycles. The van der Waals surface area contributed by atoms with Crippen molar-refractivity contribution in [1.29, 1.82) is 0 Å². The maximum absolute atomic E-state index is 14.0. The SMILES string of the molecule is COc1cccc(F)c1C1CCCN(S(=O)(=O)NF)C1. The van der Waals surface area contributed by atoms with Crippen molar-refractivity contribution >= 4 is 10.2 Å². The molecule has 1 N–H and O–H groups in total. The average Bonchev–Trinajstić information content (AvgIpc) is 2.47. The van der Waals surface area contributed by atoms with E-state index in [-0.39, 0.29) is 19.0 Å². The Morgan fingerprint density at radius 3 is 2.85 bits per heavy atom. The van der Waals surface area contributed by atoms with Gasteiger partial charge in [0, 0.05) is 24.6 Å². The third kappa shape index (κ3) is 2.92. The van der Waals surface area contributed by atoms with Crippen molar-refractivity contribution in [2.75, 3.05) is 20.2 Å². The fraction of sp³-hybridized carbons (Fsp3) is 0.500. The minimum Gasteiger partial charge on any atom is -0.496 e. The molecule has 0 bridgehead atoms. The number of methoxy groups -OCH3 is 1. The van der Waals surface area contributed by atoms with Gasteiger partial charge in [-0.05, 0) is 29.9 Å². The Morgan fingerprint density at radius 1 is 1.45 bits per heavy atom. The van der Waals surface area contributed by atoms with Crippen molar-refractivity contribution in [2.24, 2.45) is 0 Å². The summed E-state index contributed by atoms with van der Waals surface area (Å²) in [5.74, 6) is -0.424. The summed E-state index contributed by atoms with van der Waals surface area (Å²) in [5.41, 5.74) is 0.341. The molecule has 0 amide bonds. The first-order valence-corrected chi connectivity index (χ1v) is 7.63. The fourth-order valence-electron chi connectivity index (χ4n) is 2.54. The lowest BCUT2D eigenvalue weighted by atomic mass is 9.90. The molecule has 1 aromatic rings. The Labute approximate surface area is 116 Å². The van der Waals surface area contributed by atoms with Gasteiger partial charge in [-0.1, -0.05) is 6.07 Å². The van der Waals surface area contributed by atoms with Gasteiger partial charge in [0.25, 0.3) is 0 Å². The van der Waals surface area contributed by atoms with Crippen LogP contribution >= 0.6 is 0 Å². The Balaban J connectivity index is 2.30. The highest BCUT2D eigenvalue weighted by atomic mass is 32.2. The molecule has 112 valence electrons. The first-order valence-electron chi connectivity index (χ1n) is 6.19. The van der Waals surface area contributed by atoms with Crippen molar-refractivity contribution in [2.45, 2.75) is 18.8 Å². The molecule has 20 heavy (non-hydrogen) atoms. The largest absolute Gasteiger partial charge is 0.496 e. The van der Waals surface area contributed by atoms with E-state index in [2.05, 4.69) is 0 Å². The Morgan fingerprint density at radius 2 is 2.20 bits per heavy atom. The molecular formula is C12H16F2N2O3S.